The Kier molecular flexibility index (Phi) is 4.40. The molecule has 0 saturated carbocycles. The molecule has 18 heavy (non-hydrogen) atoms. The first-order valence-electron chi connectivity index (χ1n) is 6.20. The van der Waals surface area contributed by atoms with Gasteiger partial charge in [0, 0.05) is 20.1 Å². The summed E-state index contributed by atoms with van der Waals surface area (Å²) in [6.45, 7) is 4.32. The van der Waals surface area contributed by atoms with Gasteiger partial charge in [-0.1, -0.05) is 11.6 Å². The van der Waals surface area contributed by atoms with Crippen molar-refractivity contribution in [3.05, 3.63) is 22.8 Å². The van der Waals surface area contributed by atoms with Gasteiger partial charge in [-0.2, -0.15) is 5.26 Å². The lowest BCUT2D eigenvalue weighted by molar-refractivity contribution is 0.346. The van der Waals surface area contributed by atoms with Crippen LogP contribution >= 0.6 is 11.6 Å². The van der Waals surface area contributed by atoms with E-state index in [1.54, 1.807) is 12.1 Å². The summed E-state index contributed by atoms with van der Waals surface area (Å²) >= 11 is 5.90. The Morgan fingerprint density at radius 3 is 2.83 bits per heavy atom. The predicted octanol–water partition coefficient (Wildman–Crippen LogP) is 2.14. The van der Waals surface area contributed by atoms with Crippen molar-refractivity contribution in [1.29, 1.82) is 5.26 Å². The summed E-state index contributed by atoms with van der Waals surface area (Å²) in [5.74, 6) is 0.762. The fourth-order valence-electron chi connectivity index (χ4n) is 2.16. The third-order valence-corrected chi connectivity index (χ3v) is 3.44. The molecule has 0 N–H and O–H groups in total. The number of pyridine rings is 1. The van der Waals surface area contributed by atoms with E-state index in [9.17, 15) is 0 Å². The second-order valence-corrected chi connectivity index (χ2v) is 5.01. The van der Waals surface area contributed by atoms with E-state index in [2.05, 4.69) is 16.0 Å². The number of hydrogen-bond acceptors (Lipinski definition) is 4. The number of aromatic nitrogens is 1. The van der Waals surface area contributed by atoms with Crippen molar-refractivity contribution in [2.24, 2.45) is 0 Å². The van der Waals surface area contributed by atoms with Crippen LogP contribution in [0.2, 0.25) is 5.15 Å². The number of anilines is 1. The third-order valence-electron chi connectivity index (χ3n) is 3.25. The van der Waals surface area contributed by atoms with Crippen molar-refractivity contribution in [1.82, 2.24) is 9.88 Å². The topological polar surface area (TPSA) is 43.2 Å². The van der Waals surface area contributed by atoms with Crippen LogP contribution in [-0.4, -0.2) is 43.1 Å². The van der Waals surface area contributed by atoms with Crippen LogP contribution < -0.4 is 4.90 Å². The molecule has 5 heteroatoms. The normalized spacial score (nSPS) is 15.6. The highest BCUT2D eigenvalue weighted by atomic mass is 35.5. The highest BCUT2D eigenvalue weighted by Crippen LogP contribution is 2.17. The van der Waals surface area contributed by atoms with Crippen LogP contribution in [0.3, 0.4) is 0 Å². The quantitative estimate of drug-likeness (QED) is 0.782. The van der Waals surface area contributed by atoms with Crippen LogP contribution in [-0.2, 0) is 0 Å². The lowest BCUT2D eigenvalue weighted by Gasteiger charge is -2.22. The molecule has 1 fully saturated rings. The number of nitriles is 1. The van der Waals surface area contributed by atoms with Crippen LogP contribution in [0.1, 0.15) is 18.4 Å². The minimum atomic E-state index is 0.372. The molecule has 2 rings (SSSR count). The zero-order valence-corrected chi connectivity index (χ0v) is 11.3. The lowest BCUT2D eigenvalue weighted by Crippen LogP contribution is -2.31. The van der Waals surface area contributed by atoms with E-state index in [-0.39, 0.29) is 0 Å². The van der Waals surface area contributed by atoms with Gasteiger partial charge < -0.3 is 9.80 Å². The molecular formula is C13H17ClN4. The summed E-state index contributed by atoms with van der Waals surface area (Å²) in [6.07, 6.45) is 2.61. The van der Waals surface area contributed by atoms with Crippen molar-refractivity contribution in [2.75, 3.05) is 38.1 Å². The molecule has 0 unspecified atom stereocenters. The molecule has 96 valence electrons. The highest BCUT2D eigenvalue weighted by molar-refractivity contribution is 6.29. The van der Waals surface area contributed by atoms with Crippen molar-refractivity contribution in [3.63, 3.8) is 0 Å². The predicted molar refractivity (Wildman–Crippen MR) is 72.9 cm³/mol. The maximum absolute atomic E-state index is 8.91. The summed E-state index contributed by atoms with van der Waals surface area (Å²) in [5.41, 5.74) is 0.554. The molecule has 1 aliphatic rings. The molecule has 0 aromatic carbocycles. The monoisotopic (exact) mass is 264 g/mol. The zero-order valence-electron chi connectivity index (χ0n) is 10.6. The molecule has 1 aromatic rings. The first-order chi connectivity index (χ1) is 8.69. The van der Waals surface area contributed by atoms with Crippen LogP contribution in [0.25, 0.3) is 0 Å². The van der Waals surface area contributed by atoms with Crippen molar-refractivity contribution >= 4 is 17.4 Å². The van der Waals surface area contributed by atoms with Gasteiger partial charge in [0.15, 0.2) is 0 Å². The average molecular weight is 265 g/mol. The van der Waals surface area contributed by atoms with Gasteiger partial charge in [-0.05, 0) is 38.1 Å². The maximum Gasteiger partial charge on any atom is 0.132 e. The number of rotatable bonds is 4. The number of likely N-dealkylation sites (tertiary alicyclic amines) is 1. The van der Waals surface area contributed by atoms with E-state index in [1.165, 1.54) is 25.9 Å². The molecule has 0 radical (unpaired) electrons. The number of hydrogen-bond donors (Lipinski definition) is 0. The molecule has 1 aliphatic heterocycles. The van der Waals surface area contributed by atoms with Crippen molar-refractivity contribution in [2.45, 2.75) is 12.8 Å². The van der Waals surface area contributed by atoms with Crippen molar-refractivity contribution in [3.8, 4) is 6.07 Å². The summed E-state index contributed by atoms with van der Waals surface area (Å²) in [6, 6.07) is 5.46. The third kappa shape index (κ3) is 3.34. The van der Waals surface area contributed by atoms with E-state index in [1.807, 2.05) is 11.9 Å². The van der Waals surface area contributed by atoms with Gasteiger partial charge in [0.25, 0.3) is 0 Å². The van der Waals surface area contributed by atoms with E-state index in [0.717, 1.165) is 18.9 Å². The molecule has 0 aliphatic carbocycles. The Bertz CT molecular complexity index is 449. The van der Waals surface area contributed by atoms with Gasteiger partial charge in [0.2, 0.25) is 0 Å². The largest absolute Gasteiger partial charge is 0.358 e. The molecule has 2 heterocycles. The first-order valence-corrected chi connectivity index (χ1v) is 6.58. The molecular weight excluding hydrogens is 248 g/mol. The molecule has 0 bridgehead atoms. The molecule has 1 aromatic heterocycles. The molecule has 0 atom stereocenters. The molecule has 0 spiro atoms. The van der Waals surface area contributed by atoms with E-state index >= 15 is 0 Å². The van der Waals surface area contributed by atoms with Crippen molar-refractivity contribution < 1.29 is 0 Å². The smallest absolute Gasteiger partial charge is 0.132 e. The minimum Gasteiger partial charge on any atom is -0.358 e. The van der Waals surface area contributed by atoms with Gasteiger partial charge in [0.05, 0.1) is 11.6 Å². The van der Waals surface area contributed by atoms with Gasteiger partial charge in [-0.25, -0.2) is 4.98 Å². The van der Waals surface area contributed by atoms with Gasteiger partial charge in [-0.15, -0.1) is 0 Å². The molecule has 1 saturated heterocycles. The second kappa shape index (κ2) is 6.03. The van der Waals surface area contributed by atoms with Gasteiger partial charge >= 0.3 is 0 Å². The standard InChI is InChI=1S/C13H17ClN4/c1-17(6-7-18-4-2-3-5-18)13-9-11(10-15)8-12(14)16-13/h8-9H,2-7H2,1H3. The Balaban J connectivity index is 1.97. The highest BCUT2D eigenvalue weighted by Gasteiger charge is 2.13. The Morgan fingerprint density at radius 1 is 1.44 bits per heavy atom. The maximum atomic E-state index is 8.91. The van der Waals surface area contributed by atoms with E-state index < -0.39 is 0 Å². The van der Waals surface area contributed by atoms with Gasteiger partial charge in [-0.3, -0.25) is 0 Å². The number of likely N-dealkylation sites (N-methyl/N-ethyl adjacent to an activating group) is 1. The Hall–Kier alpha value is -1.31. The van der Waals surface area contributed by atoms with Crippen LogP contribution in [0.4, 0.5) is 5.82 Å². The average Bonchev–Trinajstić information content (AvgIpc) is 2.88. The van der Waals surface area contributed by atoms with Crippen LogP contribution in [0.15, 0.2) is 12.1 Å². The number of nitrogens with zero attached hydrogens (tertiary/aromatic N) is 4. The first kappa shape index (κ1) is 13.1. The van der Waals surface area contributed by atoms with Gasteiger partial charge in [0.1, 0.15) is 11.0 Å². The fraction of sp³-hybridized carbons (Fsp3) is 0.538. The second-order valence-electron chi connectivity index (χ2n) is 4.62. The lowest BCUT2D eigenvalue weighted by atomic mass is 10.3. The SMILES string of the molecule is CN(CCN1CCCC1)c1cc(C#N)cc(Cl)n1. The molecule has 0 amide bonds. The summed E-state index contributed by atoms with van der Waals surface area (Å²) in [4.78, 5) is 8.75. The van der Waals surface area contributed by atoms with Crippen LogP contribution in [0, 0.1) is 11.3 Å². The fourth-order valence-corrected chi connectivity index (χ4v) is 2.36. The Labute approximate surface area is 113 Å². The number of halogens is 1. The van der Waals surface area contributed by atoms with E-state index in [4.69, 9.17) is 16.9 Å². The van der Waals surface area contributed by atoms with E-state index in [0.29, 0.717) is 10.7 Å². The summed E-state index contributed by atoms with van der Waals surface area (Å²) in [7, 11) is 1.98. The zero-order chi connectivity index (χ0) is 13.0. The molecule has 4 nitrogen and oxygen atoms in total. The van der Waals surface area contributed by atoms with Crippen LogP contribution in [0.5, 0.6) is 0 Å². The minimum absolute atomic E-state index is 0.372. The summed E-state index contributed by atoms with van der Waals surface area (Å²) < 4.78 is 0. The summed E-state index contributed by atoms with van der Waals surface area (Å²) in [5, 5.41) is 9.28. The Morgan fingerprint density at radius 2 is 2.17 bits per heavy atom.